The molecule has 0 amide bonds. The first-order valence-electron chi connectivity index (χ1n) is 4.58. The zero-order chi connectivity index (χ0) is 11.7. The number of carboxylic acid groups (broad SMARTS) is 1. The van der Waals surface area contributed by atoms with Gasteiger partial charge in [-0.15, -0.1) is 11.3 Å². The molecular formula is C10H10N2O3S. The van der Waals surface area contributed by atoms with Gasteiger partial charge >= 0.3 is 5.97 Å². The molecule has 3 N–H and O–H groups in total. The number of carbonyl (C=O) groups is 1. The van der Waals surface area contributed by atoms with Gasteiger partial charge in [-0.05, 0) is 19.1 Å². The lowest BCUT2D eigenvalue weighted by Gasteiger charge is -1.99. The number of carboxylic acids is 1. The predicted octanol–water partition coefficient (Wildman–Crippen LogP) is 1.80. The monoisotopic (exact) mass is 238 g/mol. The van der Waals surface area contributed by atoms with Gasteiger partial charge in [0.05, 0.1) is 5.69 Å². The lowest BCUT2D eigenvalue weighted by Crippen LogP contribution is -2.20. The van der Waals surface area contributed by atoms with Crippen LogP contribution in [0.5, 0.6) is 0 Å². The molecule has 0 spiro atoms. The minimum atomic E-state index is -1.09. The maximum absolute atomic E-state index is 10.7. The minimum Gasteiger partial charge on any atom is -0.480 e. The van der Waals surface area contributed by atoms with E-state index in [9.17, 15) is 4.79 Å². The molecule has 2 rings (SSSR count). The molecule has 5 nitrogen and oxygen atoms in total. The second-order valence-corrected chi connectivity index (χ2v) is 4.16. The maximum atomic E-state index is 10.7. The number of hydrogen-bond donors (Lipinski definition) is 2. The van der Waals surface area contributed by atoms with Crippen LogP contribution in [-0.2, 0) is 4.79 Å². The summed E-state index contributed by atoms with van der Waals surface area (Å²) >= 11 is 1.31. The number of furan rings is 1. The molecule has 0 aliphatic rings. The second-order valence-electron chi connectivity index (χ2n) is 3.30. The number of rotatable bonds is 3. The van der Waals surface area contributed by atoms with Crippen molar-refractivity contribution >= 4 is 17.3 Å². The Morgan fingerprint density at radius 3 is 2.94 bits per heavy atom. The van der Waals surface area contributed by atoms with E-state index in [0.29, 0.717) is 16.5 Å². The molecule has 2 aromatic heterocycles. The summed E-state index contributed by atoms with van der Waals surface area (Å²) in [7, 11) is 0. The van der Waals surface area contributed by atoms with Crippen LogP contribution in [0.1, 0.15) is 17.5 Å². The SMILES string of the molecule is Cc1ccc(-c2nc(C(N)C(=O)O)cs2)o1. The average molecular weight is 238 g/mol. The van der Waals surface area contributed by atoms with Crippen molar-refractivity contribution < 1.29 is 14.3 Å². The predicted molar refractivity (Wildman–Crippen MR) is 59.1 cm³/mol. The molecule has 16 heavy (non-hydrogen) atoms. The van der Waals surface area contributed by atoms with E-state index < -0.39 is 12.0 Å². The molecule has 0 saturated heterocycles. The van der Waals surface area contributed by atoms with E-state index in [-0.39, 0.29) is 0 Å². The van der Waals surface area contributed by atoms with Crippen molar-refractivity contribution in [2.45, 2.75) is 13.0 Å². The number of hydrogen-bond acceptors (Lipinski definition) is 5. The summed E-state index contributed by atoms with van der Waals surface area (Å²) in [4.78, 5) is 14.8. The van der Waals surface area contributed by atoms with Crippen LogP contribution < -0.4 is 5.73 Å². The molecule has 0 fully saturated rings. The van der Waals surface area contributed by atoms with Crippen LogP contribution >= 0.6 is 11.3 Å². The molecule has 0 aromatic carbocycles. The Morgan fingerprint density at radius 1 is 1.62 bits per heavy atom. The van der Waals surface area contributed by atoms with Crippen LogP contribution in [0.25, 0.3) is 10.8 Å². The third-order valence-corrected chi connectivity index (χ3v) is 2.93. The first-order chi connectivity index (χ1) is 7.58. The molecule has 0 aliphatic heterocycles. The van der Waals surface area contributed by atoms with Gasteiger partial charge in [-0.3, -0.25) is 4.79 Å². The topological polar surface area (TPSA) is 89.3 Å². The molecule has 1 unspecified atom stereocenters. The first kappa shape index (κ1) is 10.8. The Labute approximate surface area is 95.5 Å². The third kappa shape index (κ3) is 1.98. The Morgan fingerprint density at radius 2 is 2.38 bits per heavy atom. The van der Waals surface area contributed by atoms with Gasteiger partial charge in [-0.1, -0.05) is 0 Å². The Kier molecular flexibility index (Phi) is 2.76. The lowest BCUT2D eigenvalue weighted by molar-refractivity contribution is -0.138. The summed E-state index contributed by atoms with van der Waals surface area (Å²) in [5.41, 5.74) is 5.80. The van der Waals surface area contributed by atoms with E-state index >= 15 is 0 Å². The highest BCUT2D eigenvalue weighted by atomic mass is 32.1. The summed E-state index contributed by atoms with van der Waals surface area (Å²) in [5.74, 6) is 0.327. The fraction of sp³-hybridized carbons (Fsp3) is 0.200. The summed E-state index contributed by atoms with van der Waals surface area (Å²) in [6.45, 7) is 1.83. The summed E-state index contributed by atoms with van der Waals surface area (Å²) in [5, 5.41) is 11.0. The van der Waals surface area contributed by atoms with Gasteiger partial charge in [0.2, 0.25) is 0 Å². The van der Waals surface area contributed by atoms with Crippen molar-refractivity contribution in [3.05, 3.63) is 29.0 Å². The minimum absolute atomic E-state index is 0.349. The van der Waals surface area contributed by atoms with Crippen molar-refractivity contribution in [2.24, 2.45) is 5.73 Å². The smallest absolute Gasteiger partial charge is 0.326 e. The molecule has 2 heterocycles. The van der Waals surface area contributed by atoms with E-state index in [1.165, 1.54) is 11.3 Å². The Balaban J connectivity index is 2.29. The van der Waals surface area contributed by atoms with E-state index in [4.69, 9.17) is 15.3 Å². The van der Waals surface area contributed by atoms with Crippen LogP contribution in [0.4, 0.5) is 0 Å². The number of thiazole rings is 1. The van der Waals surface area contributed by atoms with E-state index in [1.807, 2.05) is 13.0 Å². The van der Waals surface area contributed by atoms with Gasteiger partial charge in [0.1, 0.15) is 11.8 Å². The normalized spacial score (nSPS) is 12.6. The summed E-state index contributed by atoms with van der Waals surface area (Å²) in [6, 6.07) is 2.54. The summed E-state index contributed by atoms with van der Waals surface area (Å²) in [6.07, 6.45) is 0. The van der Waals surface area contributed by atoms with E-state index in [0.717, 1.165) is 5.76 Å². The average Bonchev–Trinajstić information content (AvgIpc) is 2.84. The van der Waals surface area contributed by atoms with Gasteiger partial charge in [-0.25, -0.2) is 4.98 Å². The highest BCUT2D eigenvalue weighted by molar-refractivity contribution is 7.13. The lowest BCUT2D eigenvalue weighted by atomic mass is 10.2. The van der Waals surface area contributed by atoms with Crippen molar-refractivity contribution in [1.29, 1.82) is 0 Å². The van der Waals surface area contributed by atoms with Crippen LogP contribution in [0.15, 0.2) is 21.9 Å². The van der Waals surface area contributed by atoms with Crippen LogP contribution in [0, 0.1) is 6.92 Å². The van der Waals surface area contributed by atoms with Crippen LogP contribution in [-0.4, -0.2) is 16.1 Å². The highest BCUT2D eigenvalue weighted by Gasteiger charge is 2.18. The molecule has 6 heteroatoms. The van der Waals surface area contributed by atoms with Crippen LogP contribution in [0.2, 0.25) is 0 Å². The van der Waals surface area contributed by atoms with Gasteiger partial charge in [0, 0.05) is 5.38 Å². The summed E-state index contributed by atoms with van der Waals surface area (Å²) < 4.78 is 5.38. The van der Waals surface area contributed by atoms with Crippen molar-refractivity contribution in [3.8, 4) is 10.8 Å². The van der Waals surface area contributed by atoms with Gasteiger partial charge in [-0.2, -0.15) is 0 Å². The molecule has 84 valence electrons. The fourth-order valence-corrected chi connectivity index (χ4v) is 2.03. The largest absolute Gasteiger partial charge is 0.480 e. The fourth-order valence-electron chi connectivity index (χ4n) is 1.22. The van der Waals surface area contributed by atoms with Gasteiger partial charge < -0.3 is 15.3 Å². The molecule has 0 radical (unpaired) electrons. The van der Waals surface area contributed by atoms with Gasteiger partial charge in [0.25, 0.3) is 0 Å². The first-order valence-corrected chi connectivity index (χ1v) is 5.46. The number of aliphatic carboxylic acids is 1. The third-order valence-electron chi connectivity index (χ3n) is 2.06. The molecule has 2 aromatic rings. The second kappa shape index (κ2) is 4.07. The zero-order valence-corrected chi connectivity index (χ0v) is 9.32. The highest BCUT2D eigenvalue weighted by Crippen LogP contribution is 2.27. The molecule has 0 bridgehead atoms. The quantitative estimate of drug-likeness (QED) is 0.850. The zero-order valence-electron chi connectivity index (χ0n) is 8.51. The van der Waals surface area contributed by atoms with Crippen molar-refractivity contribution in [2.75, 3.05) is 0 Å². The Hall–Kier alpha value is -1.66. The van der Waals surface area contributed by atoms with E-state index in [2.05, 4.69) is 4.98 Å². The number of nitrogens with zero attached hydrogens (tertiary/aromatic N) is 1. The number of nitrogens with two attached hydrogens (primary N) is 1. The maximum Gasteiger partial charge on any atom is 0.326 e. The van der Waals surface area contributed by atoms with Crippen molar-refractivity contribution in [3.63, 3.8) is 0 Å². The standard InChI is InChI=1S/C10H10N2O3S/c1-5-2-3-7(15-5)9-12-6(4-16-9)8(11)10(13)14/h2-4,8H,11H2,1H3,(H,13,14). The molecule has 0 aliphatic carbocycles. The number of aryl methyl sites for hydroxylation is 1. The Bertz CT molecular complexity index is 518. The van der Waals surface area contributed by atoms with Crippen molar-refractivity contribution in [1.82, 2.24) is 4.98 Å². The van der Waals surface area contributed by atoms with Crippen LogP contribution in [0.3, 0.4) is 0 Å². The number of aromatic nitrogens is 1. The molecular weight excluding hydrogens is 228 g/mol. The van der Waals surface area contributed by atoms with E-state index in [1.54, 1.807) is 11.4 Å². The molecule has 0 saturated carbocycles. The molecule has 1 atom stereocenters. The van der Waals surface area contributed by atoms with Gasteiger partial charge in [0.15, 0.2) is 10.8 Å².